The van der Waals surface area contributed by atoms with Gasteiger partial charge in [0.15, 0.2) is 11.6 Å². The topological polar surface area (TPSA) is 126 Å². The van der Waals surface area contributed by atoms with Crippen LogP contribution in [0.2, 0.25) is 0 Å². The molecule has 0 aromatic heterocycles. The van der Waals surface area contributed by atoms with Crippen molar-refractivity contribution in [3.63, 3.8) is 0 Å². The SMILES string of the molecule is CCCc1cc(CCC)c(S(=O)(=O)NC2CCCCC2)c(CCC)c1-c1ccc(-c2c(CCC)cc(CCC)c(S(=O)(=O)NC3CCCCC3)c2CCC)c2c1C(=O)c1ccccc1C2=O. The summed E-state index contributed by atoms with van der Waals surface area (Å²) < 4.78 is 66.2. The van der Waals surface area contributed by atoms with Crippen molar-refractivity contribution in [3.8, 4) is 22.3 Å². The molecule has 0 spiro atoms. The van der Waals surface area contributed by atoms with Crippen molar-refractivity contribution < 1.29 is 26.4 Å². The number of nitrogens with one attached hydrogen (secondary N) is 2. The molecule has 0 aliphatic heterocycles. The summed E-state index contributed by atoms with van der Waals surface area (Å²) in [6.07, 6.45) is 17.2. The fourth-order valence-electron chi connectivity index (χ4n) is 11.5. The van der Waals surface area contributed by atoms with Gasteiger partial charge < -0.3 is 0 Å². The van der Waals surface area contributed by atoms with Crippen LogP contribution in [0.5, 0.6) is 0 Å². The Kier molecular flexibility index (Phi) is 16.6. The van der Waals surface area contributed by atoms with Crippen LogP contribution >= 0.6 is 0 Å². The molecule has 4 aromatic carbocycles. The first-order chi connectivity index (χ1) is 31.8. The van der Waals surface area contributed by atoms with Gasteiger partial charge in [-0.1, -0.05) is 167 Å². The zero-order valence-electron chi connectivity index (χ0n) is 40.6. The van der Waals surface area contributed by atoms with Crippen molar-refractivity contribution in [1.82, 2.24) is 9.44 Å². The second-order valence-corrected chi connectivity index (χ2v) is 22.6. The third-order valence-corrected chi connectivity index (χ3v) is 17.5. The Morgan fingerprint density at radius 2 is 0.758 bits per heavy atom. The molecule has 0 atom stereocenters. The number of carbonyl (C=O) groups is 2. The lowest BCUT2D eigenvalue weighted by Gasteiger charge is -2.30. The highest BCUT2D eigenvalue weighted by Crippen LogP contribution is 2.47. The van der Waals surface area contributed by atoms with Gasteiger partial charge in [0.25, 0.3) is 0 Å². The van der Waals surface area contributed by atoms with E-state index < -0.39 is 20.0 Å². The highest BCUT2D eigenvalue weighted by Gasteiger charge is 2.39. The van der Waals surface area contributed by atoms with Gasteiger partial charge in [0.1, 0.15) is 0 Å². The second-order valence-electron chi connectivity index (χ2n) is 19.3. The van der Waals surface area contributed by atoms with Gasteiger partial charge in [0, 0.05) is 34.3 Å². The second kappa shape index (κ2) is 22.0. The summed E-state index contributed by atoms with van der Waals surface area (Å²) in [5, 5.41) is 0. The smallest absolute Gasteiger partial charge is 0.241 e. The molecular weight excluding hydrogens is 861 g/mol. The summed E-state index contributed by atoms with van der Waals surface area (Å²) in [5.74, 6) is -0.569. The molecule has 0 bridgehead atoms. The van der Waals surface area contributed by atoms with Crippen LogP contribution in [-0.2, 0) is 58.6 Å². The van der Waals surface area contributed by atoms with Gasteiger partial charge in [0.2, 0.25) is 20.0 Å². The van der Waals surface area contributed by atoms with Gasteiger partial charge in [-0.25, -0.2) is 26.3 Å². The number of carbonyl (C=O) groups excluding carboxylic acids is 2. The molecule has 2 fully saturated rings. The maximum absolute atomic E-state index is 15.5. The highest BCUT2D eigenvalue weighted by atomic mass is 32.2. The zero-order valence-corrected chi connectivity index (χ0v) is 42.2. The van der Waals surface area contributed by atoms with Gasteiger partial charge in [0.05, 0.1) is 9.79 Å². The van der Waals surface area contributed by atoms with Gasteiger partial charge in [-0.05, 0) is 120 Å². The summed E-state index contributed by atoms with van der Waals surface area (Å²) in [5.41, 5.74) is 8.70. The lowest BCUT2D eigenvalue weighted by Crippen LogP contribution is -2.37. The van der Waals surface area contributed by atoms with Crippen LogP contribution in [-0.4, -0.2) is 40.5 Å². The summed E-state index contributed by atoms with van der Waals surface area (Å²) in [7, 11) is -8.00. The minimum atomic E-state index is -4.00. The van der Waals surface area contributed by atoms with E-state index in [4.69, 9.17) is 0 Å². The summed E-state index contributed by atoms with van der Waals surface area (Å²) in [6, 6.07) is 14.8. The number of hydrogen-bond acceptors (Lipinski definition) is 6. The predicted molar refractivity (Wildman–Crippen MR) is 269 cm³/mol. The third-order valence-electron chi connectivity index (χ3n) is 14.2. The van der Waals surface area contributed by atoms with Crippen LogP contribution in [0.1, 0.15) is 209 Å². The van der Waals surface area contributed by atoms with Crippen LogP contribution in [0.25, 0.3) is 22.3 Å². The molecule has 0 saturated heterocycles. The molecular formula is C56H74N2O6S2. The Labute approximate surface area is 396 Å². The Morgan fingerprint density at radius 1 is 0.424 bits per heavy atom. The van der Waals surface area contributed by atoms with Crippen molar-refractivity contribution in [2.45, 2.75) is 205 Å². The van der Waals surface area contributed by atoms with Crippen LogP contribution in [0.4, 0.5) is 0 Å². The summed E-state index contributed by atoms with van der Waals surface area (Å²) >= 11 is 0. The van der Waals surface area contributed by atoms with Gasteiger partial charge in [-0.3, -0.25) is 9.59 Å². The van der Waals surface area contributed by atoms with Crippen molar-refractivity contribution in [3.05, 3.63) is 104 Å². The molecule has 0 radical (unpaired) electrons. The van der Waals surface area contributed by atoms with E-state index in [1.807, 2.05) is 12.1 Å². The molecule has 4 aromatic rings. The number of rotatable bonds is 20. The number of sulfonamides is 2. The van der Waals surface area contributed by atoms with E-state index in [2.05, 4.69) is 63.1 Å². The monoisotopic (exact) mass is 934 g/mol. The predicted octanol–water partition coefficient (Wildman–Crippen LogP) is 12.7. The zero-order chi connectivity index (χ0) is 47.2. The molecule has 10 heteroatoms. The summed E-state index contributed by atoms with van der Waals surface area (Å²) in [4.78, 5) is 31.6. The van der Waals surface area contributed by atoms with Crippen LogP contribution in [0, 0.1) is 0 Å². The van der Waals surface area contributed by atoms with Gasteiger partial charge >= 0.3 is 0 Å². The molecule has 3 aliphatic rings. The Hall–Kier alpha value is -3.96. The molecule has 2 saturated carbocycles. The van der Waals surface area contributed by atoms with E-state index in [-0.39, 0.29) is 34.8 Å². The van der Waals surface area contributed by atoms with Crippen molar-refractivity contribution in [2.24, 2.45) is 0 Å². The van der Waals surface area contributed by atoms with E-state index in [1.165, 1.54) is 0 Å². The highest BCUT2D eigenvalue weighted by molar-refractivity contribution is 7.90. The molecule has 356 valence electrons. The Bertz CT molecular complexity index is 2470. The number of aryl methyl sites for hydroxylation is 4. The Balaban J connectivity index is 1.60. The minimum Gasteiger partial charge on any atom is -0.289 e. The van der Waals surface area contributed by atoms with Crippen molar-refractivity contribution >= 4 is 31.6 Å². The van der Waals surface area contributed by atoms with Gasteiger partial charge in [-0.15, -0.1) is 0 Å². The average molecular weight is 935 g/mol. The molecule has 2 N–H and O–H groups in total. The fourth-order valence-corrected chi connectivity index (χ4v) is 15.2. The van der Waals surface area contributed by atoms with Crippen LogP contribution in [0.3, 0.4) is 0 Å². The minimum absolute atomic E-state index is 0.140. The van der Waals surface area contributed by atoms with Crippen molar-refractivity contribution in [2.75, 3.05) is 0 Å². The number of fused-ring (bicyclic) bond motifs is 2. The molecule has 0 unspecified atom stereocenters. The molecule has 8 nitrogen and oxygen atoms in total. The first-order valence-corrected chi connectivity index (χ1v) is 28.6. The molecule has 7 rings (SSSR count). The van der Waals surface area contributed by atoms with E-state index in [0.717, 1.165) is 123 Å². The third kappa shape index (κ3) is 10.1. The molecule has 0 heterocycles. The normalized spacial score (nSPS) is 16.2. The lowest BCUT2D eigenvalue weighted by molar-refractivity contribution is 0.0980. The van der Waals surface area contributed by atoms with Crippen LogP contribution in [0.15, 0.2) is 58.3 Å². The molecule has 66 heavy (non-hydrogen) atoms. The maximum atomic E-state index is 15.5. The Morgan fingerprint density at radius 3 is 1.09 bits per heavy atom. The maximum Gasteiger partial charge on any atom is 0.241 e. The molecule has 3 aliphatic carbocycles. The fraction of sp³-hybridized carbons (Fsp3) is 0.536. The van der Waals surface area contributed by atoms with E-state index in [0.29, 0.717) is 94.5 Å². The summed E-state index contributed by atoms with van der Waals surface area (Å²) in [6.45, 7) is 12.5. The number of ketones is 2. The standard InChI is InChI=1S/C56H74N2O6S2/c1-7-21-37-35-39(23-9-3)55(65(61,62)57-41-27-15-13-16-28-41)47(25-11-5)49(37)45-33-34-46(52-51(45)53(59)43-31-19-20-32-44(43)54(52)60)50-38(22-8-2)36-40(24-10-4)56(48(50)26-12-6)66(63,64)58-42-29-17-14-18-30-42/h19-20,31-36,41-42,57-58H,7-18,21-30H2,1-6H3. The van der Waals surface area contributed by atoms with E-state index in [9.17, 15) is 16.8 Å². The van der Waals surface area contributed by atoms with Gasteiger partial charge in [-0.2, -0.15) is 0 Å². The van der Waals surface area contributed by atoms with E-state index >= 15 is 9.59 Å². The number of hydrogen-bond donors (Lipinski definition) is 2. The first-order valence-electron chi connectivity index (χ1n) is 25.6. The van der Waals surface area contributed by atoms with E-state index in [1.54, 1.807) is 24.3 Å². The van der Waals surface area contributed by atoms with Crippen LogP contribution < -0.4 is 9.44 Å². The quantitative estimate of drug-likeness (QED) is 0.0800. The largest absolute Gasteiger partial charge is 0.289 e. The first kappa shape index (κ1) is 49.9. The number of benzene rings is 4. The lowest BCUT2D eigenvalue weighted by atomic mass is 9.74. The van der Waals surface area contributed by atoms with Crippen molar-refractivity contribution in [1.29, 1.82) is 0 Å². The molecule has 0 amide bonds. The average Bonchev–Trinajstić information content (AvgIpc) is 3.29.